The lowest BCUT2D eigenvalue weighted by Crippen LogP contribution is -2.36. The van der Waals surface area contributed by atoms with Crippen molar-refractivity contribution in [3.63, 3.8) is 0 Å². The van der Waals surface area contributed by atoms with Crippen LogP contribution in [0.2, 0.25) is 0 Å². The topological polar surface area (TPSA) is 44.9 Å². The van der Waals surface area contributed by atoms with Gasteiger partial charge in [0.1, 0.15) is 5.69 Å². The van der Waals surface area contributed by atoms with Crippen LogP contribution in [0.1, 0.15) is 29.9 Å². The third kappa shape index (κ3) is 2.80. The van der Waals surface area contributed by atoms with E-state index in [-0.39, 0.29) is 11.3 Å². The molecule has 2 rings (SSSR count). The standard InChI is InChI=1S/C15H18N2O/c1-15(2,12-7-4-3-5-8-12)11-17-14(18)13-9-6-10-16-13/h3-10,16H,11H2,1-2H3,(H,17,18). The SMILES string of the molecule is CC(C)(CNC(=O)c1ccc[nH]1)c1ccccc1. The highest BCUT2D eigenvalue weighted by molar-refractivity contribution is 5.92. The number of aromatic amines is 1. The van der Waals surface area contributed by atoms with Gasteiger partial charge in [-0.3, -0.25) is 4.79 Å². The first-order valence-corrected chi connectivity index (χ1v) is 6.07. The summed E-state index contributed by atoms with van der Waals surface area (Å²) in [4.78, 5) is 14.7. The number of carbonyl (C=O) groups excluding carboxylic acids is 1. The molecular formula is C15H18N2O. The van der Waals surface area contributed by atoms with Crippen molar-refractivity contribution < 1.29 is 4.79 Å². The van der Waals surface area contributed by atoms with Gasteiger partial charge in [-0.25, -0.2) is 0 Å². The Morgan fingerprint density at radius 1 is 1.17 bits per heavy atom. The molecule has 2 N–H and O–H groups in total. The van der Waals surface area contributed by atoms with Gasteiger partial charge in [0.05, 0.1) is 0 Å². The van der Waals surface area contributed by atoms with Crippen LogP contribution in [0.15, 0.2) is 48.7 Å². The van der Waals surface area contributed by atoms with Gasteiger partial charge in [0.15, 0.2) is 0 Å². The van der Waals surface area contributed by atoms with Crippen molar-refractivity contribution >= 4 is 5.91 Å². The molecule has 1 heterocycles. The first-order valence-electron chi connectivity index (χ1n) is 6.07. The average molecular weight is 242 g/mol. The van der Waals surface area contributed by atoms with E-state index in [0.717, 1.165) is 0 Å². The zero-order valence-electron chi connectivity index (χ0n) is 10.7. The van der Waals surface area contributed by atoms with Gasteiger partial charge in [0.25, 0.3) is 5.91 Å². The van der Waals surface area contributed by atoms with Crippen LogP contribution in [-0.4, -0.2) is 17.4 Å². The van der Waals surface area contributed by atoms with Gasteiger partial charge in [0.2, 0.25) is 0 Å². The van der Waals surface area contributed by atoms with Gasteiger partial charge in [0, 0.05) is 18.2 Å². The molecule has 0 spiro atoms. The molecule has 2 aromatic rings. The maximum Gasteiger partial charge on any atom is 0.267 e. The number of benzene rings is 1. The summed E-state index contributed by atoms with van der Waals surface area (Å²) in [5.74, 6) is -0.0657. The smallest absolute Gasteiger partial charge is 0.267 e. The zero-order valence-corrected chi connectivity index (χ0v) is 10.7. The minimum absolute atomic E-state index is 0.0657. The molecule has 94 valence electrons. The predicted molar refractivity (Wildman–Crippen MR) is 72.6 cm³/mol. The second-order valence-electron chi connectivity index (χ2n) is 5.02. The molecule has 0 unspecified atom stereocenters. The first-order chi connectivity index (χ1) is 8.59. The molecule has 1 aromatic heterocycles. The number of hydrogen-bond donors (Lipinski definition) is 2. The summed E-state index contributed by atoms with van der Waals surface area (Å²) in [6.45, 7) is 4.85. The average Bonchev–Trinajstić information content (AvgIpc) is 2.91. The van der Waals surface area contributed by atoms with E-state index in [2.05, 4.69) is 36.3 Å². The normalized spacial score (nSPS) is 11.2. The number of nitrogens with one attached hydrogen (secondary N) is 2. The summed E-state index contributed by atoms with van der Waals surface area (Å²) in [5, 5.41) is 2.95. The van der Waals surface area contributed by atoms with Crippen LogP contribution in [0.3, 0.4) is 0 Å². The molecule has 0 aliphatic rings. The number of aromatic nitrogens is 1. The quantitative estimate of drug-likeness (QED) is 0.850. The van der Waals surface area contributed by atoms with Gasteiger partial charge in [-0.05, 0) is 17.7 Å². The maximum absolute atomic E-state index is 11.8. The fraction of sp³-hybridized carbons (Fsp3) is 0.267. The molecule has 0 aliphatic heterocycles. The lowest BCUT2D eigenvalue weighted by molar-refractivity contribution is 0.0941. The van der Waals surface area contributed by atoms with Crippen molar-refractivity contribution in [2.24, 2.45) is 0 Å². The number of carbonyl (C=O) groups is 1. The van der Waals surface area contributed by atoms with E-state index >= 15 is 0 Å². The highest BCUT2D eigenvalue weighted by Crippen LogP contribution is 2.21. The van der Waals surface area contributed by atoms with E-state index in [4.69, 9.17) is 0 Å². The van der Waals surface area contributed by atoms with Crippen LogP contribution in [-0.2, 0) is 5.41 Å². The summed E-state index contributed by atoms with van der Waals surface area (Å²) < 4.78 is 0. The van der Waals surface area contributed by atoms with E-state index in [1.165, 1.54) is 5.56 Å². The molecule has 18 heavy (non-hydrogen) atoms. The molecule has 0 atom stereocenters. The van der Waals surface area contributed by atoms with Crippen LogP contribution in [0.25, 0.3) is 0 Å². The Kier molecular flexibility index (Phi) is 3.51. The molecule has 3 nitrogen and oxygen atoms in total. The Hall–Kier alpha value is -2.03. The van der Waals surface area contributed by atoms with E-state index in [1.54, 1.807) is 12.3 Å². The van der Waals surface area contributed by atoms with Crippen molar-refractivity contribution in [3.8, 4) is 0 Å². The number of amides is 1. The second-order valence-corrected chi connectivity index (χ2v) is 5.02. The molecule has 0 fully saturated rings. The highest BCUT2D eigenvalue weighted by atomic mass is 16.1. The minimum atomic E-state index is -0.0798. The summed E-state index contributed by atoms with van der Waals surface area (Å²) >= 11 is 0. The van der Waals surface area contributed by atoms with Gasteiger partial charge in [-0.1, -0.05) is 44.2 Å². The Morgan fingerprint density at radius 2 is 1.89 bits per heavy atom. The Balaban J connectivity index is 1.99. The molecule has 0 aliphatic carbocycles. The van der Waals surface area contributed by atoms with Gasteiger partial charge >= 0.3 is 0 Å². The van der Waals surface area contributed by atoms with E-state index in [9.17, 15) is 4.79 Å². The number of rotatable bonds is 4. The van der Waals surface area contributed by atoms with Gasteiger partial charge in [-0.2, -0.15) is 0 Å². The second kappa shape index (κ2) is 5.08. The lowest BCUT2D eigenvalue weighted by atomic mass is 9.84. The monoisotopic (exact) mass is 242 g/mol. The first kappa shape index (κ1) is 12.4. The third-order valence-corrected chi connectivity index (χ3v) is 3.09. The van der Waals surface area contributed by atoms with Crippen molar-refractivity contribution in [1.29, 1.82) is 0 Å². The van der Waals surface area contributed by atoms with E-state index < -0.39 is 0 Å². The van der Waals surface area contributed by atoms with Gasteiger partial charge < -0.3 is 10.3 Å². The molecule has 1 amide bonds. The molecule has 0 bridgehead atoms. The molecule has 0 saturated heterocycles. The highest BCUT2D eigenvalue weighted by Gasteiger charge is 2.21. The maximum atomic E-state index is 11.8. The number of hydrogen-bond acceptors (Lipinski definition) is 1. The summed E-state index contributed by atoms with van der Waals surface area (Å²) in [6, 6.07) is 13.8. The Labute approximate surface area is 107 Å². The largest absolute Gasteiger partial charge is 0.357 e. The summed E-state index contributed by atoms with van der Waals surface area (Å²) in [5.41, 5.74) is 1.74. The van der Waals surface area contributed by atoms with Crippen molar-refractivity contribution in [2.75, 3.05) is 6.54 Å². The predicted octanol–water partition coefficient (Wildman–Crippen LogP) is 2.72. The third-order valence-electron chi connectivity index (χ3n) is 3.09. The lowest BCUT2D eigenvalue weighted by Gasteiger charge is -2.25. The number of H-pyrrole nitrogens is 1. The van der Waals surface area contributed by atoms with Crippen LogP contribution in [0, 0.1) is 0 Å². The fourth-order valence-electron chi connectivity index (χ4n) is 1.86. The fourth-order valence-corrected chi connectivity index (χ4v) is 1.86. The molecule has 1 aromatic carbocycles. The van der Waals surface area contributed by atoms with E-state index in [0.29, 0.717) is 12.2 Å². The van der Waals surface area contributed by atoms with Gasteiger partial charge in [-0.15, -0.1) is 0 Å². The minimum Gasteiger partial charge on any atom is -0.357 e. The Bertz CT molecular complexity index is 501. The van der Waals surface area contributed by atoms with Crippen molar-refractivity contribution in [3.05, 3.63) is 59.9 Å². The van der Waals surface area contributed by atoms with Crippen LogP contribution >= 0.6 is 0 Å². The Morgan fingerprint density at radius 3 is 2.50 bits per heavy atom. The molecular weight excluding hydrogens is 224 g/mol. The summed E-state index contributed by atoms with van der Waals surface area (Å²) in [6.07, 6.45) is 1.75. The zero-order chi connectivity index (χ0) is 13.0. The van der Waals surface area contributed by atoms with E-state index in [1.807, 2.05) is 24.3 Å². The van der Waals surface area contributed by atoms with Crippen LogP contribution in [0.4, 0.5) is 0 Å². The van der Waals surface area contributed by atoms with Crippen molar-refractivity contribution in [2.45, 2.75) is 19.3 Å². The molecule has 3 heteroatoms. The van der Waals surface area contributed by atoms with Crippen molar-refractivity contribution in [1.82, 2.24) is 10.3 Å². The van der Waals surface area contributed by atoms with Crippen LogP contribution in [0.5, 0.6) is 0 Å². The van der Waals surface area contributed by atoms with Crippen LogP contribution < -0.4 is 5.32 Å². The summed E-state index contributed by atoms with van der Waals surface area (Å²) in [7, 11) is 0. The molecule has 0 saturated carbocycles. The molecule has 0 radical (unpaired) electrons.